The van der Waals surface area contributed by atoms with E-state index in [9.17, 15) is 4.39 Å². The maximum Gasteiger partial charge on any atom is 0.127 e. The van der Waals surface area contributed by atoms with Crippen molar-refractivity contribution in [2.24, 2.45) is 0 Å². The van der Waals surface area contributed by atoms with Gasteiger partial charge < -0.3 is 10.1 Å². The van der Waals surface area contributed by atoms with Crippen LogP contribution in [0.15, 0.2) is 18.2 Å². The summed E-state index contributed by atoms with van der Waals surface area (Å²) in [5.41, 5.74) is 1.99. The Labute approximate surface area is 120 Å². The lowest BCUT2D eigenvalue weighted by atomic mass is 10.1. The van der Waals surface area contributed by atoms with Crippen LogP contribution in [0.4, 0.5) is 4.39 Å². The van der Waals surface area contributed by atoms with Gasteiger partial charge in [0.05, 0.1) is 6.61 Å². The van der Waals surface area contributed by atoms with Crippen molar-refractivity contribution >= 4 is 0 Å². The molecule has 0 radical (unpaired) electrons. The summed E-state index contributed by atoms with van der Waals surface area (Å²) in [6, 6.07) is 6.19. The van der Waals surface area contributed by atoms with Gasteiger partial charge in [0.2, 0.25) is 0 Å². The molecule has 0 spiro atoms. The third kappa shape index (κ3) is 4.01. The van der Waals surface area contributed by atoms with Crippen LogP contribution in [0.1, 0.15) is 30.4 Å². The summed E-state index contributed by atoms with van der Waals surface area (Å²) in [5, 5.41) is 3.48. The van der Waals surface area contributed by atoms with E-state index in [0.717, 1.165) is 44.8 Å². The first-order valence-corrected chi connectivity index (χ1v) is 7.62. The zero-order valence-corrected chi connectivity index (χ0v) is 11.9. The zero-order chi connectivity index (χ0) is 13.8. The van der Waals surface area contributed by atoms with Crippen molar-refractivity contribution < 1.29 is 9.13 Å². The lowest BCUT2D eigenvalue weighted by molar-refractivity contribution is 0.140. The lowest BCUT2D eigenvalue weighted by Crippen LogP contribution is -2.26. The quantitative estimate of drug-likeness (QED) is 0.894. The van der Waals surface area contributed by atoms with Gasteiger partial charge in [-0.05, 0) is 30.9 Å². The van der Waals surface area contributed by atoms with Crippen molar-refractivity contribution in [3.05, 3.63) is 35.1 Å². The third-order valence-corrected chi connectivity index (χ3v) is 3.99. The largest absolute Gasteiger partial charge is 0.380 e. The van der Waals surface area contributed by atoms with Gasteiger partial charge in [-0.1, -0.05) is 12.1 Å². The summed E-state index contributed by atoms with van der Waals surface area (Å²) in [4.78, 5) is 2.28. The number of ether oxygens (including phenoxy) is 1. The van der Waals surface area contributed by atoms with Crippen LogP contribution in [0.5, 0.6) is 0 Å². The predicted octanol–water partition coefficient (Wildman–Crippen LogP) is 2.30. The Balaban J connectivity index is 1.62. The number of halogens is 1. The van der Waals surface area contributed by atoms with Gasteiger partial charge in [0, 0.05) is 44.4 Å². The molecule has 1 saturated heterocycles. The first kappa shape index (κ1) is 14.0. The van der Waals surface area contributed by atoms with Crippen LogP contribution in [-0.4, -0.2) is 37.2 Å². The number of nitrogens with zero attached hydrogens (tertiary/aromatic N) is 1. The molecule has 0 atom stereocenters. The minimum Gasteiger partial charge on any atom is -0.380 e. The maximum atomic E-state index is 14.0. The second-order valence-electron chi connectivity index (χ2n) is 5.82. The minimum absolute atomic E-state index is 0.0923. The first-order valence-electron chi connectivity index (χ1n) is 7.62. The molecule has 3 rings (SSSR count). The van der Waals surface area contributed by atoms with Gasteiger partial charge in [-0.15, -0.1) is 0 Å². The summed E-state index contributed by atoms with van der Waals surface area (Å²) in [6.07, 6.45) is 3.59. The van der Waals surface area contributed by atoms with E-state index in [2.05, 4.69) is 10.2 Å². The van der Waals surface area contributed by atoms with Crippen LogP contribution in [0.25, 0.3) is 0 Å². The molecule has 0 aromatic heterocycles. The fourth-order valence-electron chi connectivity index (χ4n) is 2.61. The number of hydrogen-bond donors (Lipinski definition) is 1. The fraction of sp³-hybridized carbons (Fsp3) is 0.625. The van der Waals surface area contributed by atoms with Gasteiger partial charge in [-0.3, -0.25) is 4.90 Å². The van der Waals surface area contributed by atoms with Gasteiger partial charge in [0.1, 0.15) is 5.82 Å². The Bertz CT molecular complexity index is 440. The Morgan fingerprint density at radius 1 is 1.25 bits per heavy atom. The van der Waals surface area contributed by atoms with E-state index in [-0.39, 0.29) is 5.82 Å². The van der Waals surface area contributed by atoms with Crippen molar-refractivity contribution in [2.45, 2.75) is 38.4 Å². The zero-order valence-electron chi connectivity index (χ0n) is 11.9. The summed E-state index contributed by atoms with van der Waals surface area (Å²) >= 11 is 0. The average Bonchev–Trinajstić information content (AvgIpc) is 3.27. The summed E-state index contributed by atoms with van der Waals surface area (Å²) < 4.78 is 19.4. The van der Waals surface area contributed by atoms with Gasteiger partial charge in [-0.25, -0.2) is 4.39 Å². The number of rotatable bonds is 5. The van der Waals surface area contributed by atoms with Crippen molar-refractivity contribution in [1.82, 2.24) is 10.2 Å². The van der Waals surface area contributed by atoms with E-state index in [0.29, 0.717) is 12.6 Å². The molecule has 3 nitrogen and oxygen atoms in total. The normalized spacial score (nSPS) is 20.9. The van der Waals surface area contributed by atoms with Crippen LogP contribution < -0.4 is 5.32 Å². The Morgan fingerprint density at radius 2 is 2.15 bits per heavy atom. The van der Waals surface area contributed by atoms with E-state index in [1.54, 1.807) is 6.07 Å². The van der Waals surface area contributed by atoms with E-state index < -0.39 is 0 Å². The average molecular weight is 278 g/mol. The van der Waals surface area contributed by atoms with E-state index in [1.807, 2.05) is 12.1 Å². The summed E-state index contributed by atoms with van der Waals surface area (Å²) in [6.45, 7) is 5.00. The molecular weight excluding hydrogens is 255 g/mol. The highest BCUT2D eigenvalue weighted by Crippen LogP contribution is 2.20. The molecule has 1 aliphatic carbocycles. The van der Waals surface area contributed by atoms with E-state index in [4.69, 9.17) is 4.74 Å². The Kier molecular flexibility index (Phi) is 4.65. The minimum atomic E-state index is -0.0923. The Morgan fingerprint density at radius 3 is 3.00 bits per heavy atom. The molecule has 1 aromatic rings. The first-order chi connectivity index (χ1) is 9.81. The highest BCUT2D eigenvalue weighted by molar-refractivity contribution is 5.25. The number of benzene rings is 1. The molecule has 0 bridgehead atoms. The maximum absolute atomic E-state index is 14.0. The van der Waals surface area contributed by atoms with E-state index >= 15 is 0 Å². The summed E-state index contributed by atoms with van der Waals surface area (Å²) in [5.74, 6) is -0.0923. The van der Waals surface area contributed by atoms with Crippen LogP contribution in [-0.2, 0) is 17.8 Å². The molecule has 1 aromatic carbocycles. The van der Waals surface area contributed by atoms with Crippen LogP contribution in [0.2, 0.25) is 0 Å². The van der Waals surface area contributed by atoms with Crippen molar-refractivity contribution in [3.8, 4) is 0 Å². The molecule has 1 heterocycles. The molecule has 1 N–H and O–H groups in total. The lowest BCUT2D eigenvalue weighted by Gasteiger charge is -2.20. The highest BCUT2D eigenvalue weighted by atomic mass is 19.1. The van der Waals surface area contributed by atoms with Gasteiger partial charge in [-0.2, -0.15) is 0 Å². The SMILES string of the molecule is Fc1ccc(CNC2CC2)cc1CN1CCCOCC1. The molecule has 0 amide bonds. The second kappa shape index (κ2) is 6.66. The second-order valence-corrected chi connectivity index (χ2v) is 5.82. The fourth-order valence-corrected chi connectivity index (χ4v) is 2.61. The molecule has 4 heteroatoms. The topological polar surface area (TPSA) is 24.5 Å². The number of nitrogens with one attached hydrogen (secondary N) is 1. The van der Waals surface area contributed by atoms with Gasteiger partial charge >= 0.3 is 0 Å². The predicted molar refractivity (Wildman–Crippen MR) is 77.0 cm³/mol. The molecule has 1 aliphatic heterocycles. The van der Waals surface area contributed by atoms with E-state index in [1.165, 1.54) is 18.4 Å². The number of hydrogen-bond acceptors (Lipinski definition) is 3. The molecule has 110 valence electrons. The standard InChI is InChI=1S/C16H23FN2O/c17-16-5-2-13(11-18-15-3-4-15)10-14(16)12-19-6-1-8-20-9-7-19/h2,5,10,15,18H,1,3-4,6-9,11-12H2. The molecular formula is C16H23FN2O. The van der Waals surface area contributed by atoms with Crippen LogP contribution in [0.3, 0.4) is 0 Å². The molecule has 20 heavy (non-hydrogen) atoms. The van der Waals surface area contributed by atoms with Crippen molar-refractivity contribution in [2.75, 3.05) is 26.3 Å². The third-order valence-electron chi connectivity index (χ3n) is 3.99. The summed E-state index contributed by atoms with van der Waals surface area (Å²) in [7, 11) is 0. The van der Waals surface area contributed by atoms with Crippen molar-refractivity contribution in [1.29, 1.82) is 0 Å². The Hall–Kier alpha value is -0.970. The van der Waals surface area contributed by atoms with Gasteiger partial charge in [0.15, 0.2) is 0 Å². The van der Waals surface area contributed by atoms with Crippen LogP contribution in [0, 0.1) is 5.82 Å². The molecule has 2 fully saturated rings. The van der Waals surface area contributed by atoms with Crippen LogP contribution >= 0.6 is 0 Å². The van der Waals surface area contributed by atoms with Gasteiger partial charge in [0.25, 0.3) is 0 Å². The molecule has 1 saturated carbocycles. The monoisotopic (exact) mass is 278 g/mol. The smallest absolute Gasteiger partial charge is 0.127 e. The molecule has 2 aliphatic rings. The van der Waals surface area contributed by atoms with Crippen molar-refractivity contribution in [3.63, 3.8) is 0 Å². The molecule has 0 unspecified atom stereocenters. The highest BCUT2D eigenvalue weighted by Gasteiger charge is 2.20.